The third-order valence-corrected chi connectivity index (χ3v) is 3.10. The molecule has 1 aromatic rings. The van der Waals surface area contributed by atoms with Gasteiger partial charge in [0, 0.05) is 19.6 Å². The number of ether oxygens (including phenoxy) is 1. The predicted molar refractivity (Wildman–Crippen MR) is 73.8 cm³/mol. The van der Waals surface area contributed by atoms with Crippen LogP contribution in [-0.4, -0.2) is 47.2 Å². The molecule has 1 atom stereocenters. The Balaban J connectivity index is 2.21. The first-order chi connectivity index (χ1) is 9.40. The highest BCUT2D eigenvalue weighted by Crippen LogP contribution is 2.04. The topological polar surface area (TPSA) is 94.5 Å². The van der Waals surface area contributed by atoms with Crippen molar-refractivity contribution in [1.82, 2.24) is 15.0 Å². The van der Waals surface area contributed by atoms with E-state index in [0.717, 1.165) is 6.42 Å². The van der Waals surface area contributed by atoms with Gasteiger partial charge in [0.2, 0.25) is 5.91 Å². The van der Waals surface area contributed by atoms with Gasteiger partial charge in [-0.25, -0.2) is 0 Å². The smallest absolute Gasteiger partial charge is 0.252 e. The molecule has 114 valence electrons. The third-order valence-electron chi connectivity index (χ3n) is 3.10. The molecule has 0 spiro atoms. The molecule has 0 saturated heterocycles. The van der Waals surface area contributed by atoms with Gasteiger partial charge >= 0.3 is 0 Å². The molecule has 7 nitrogen and oxygen atoms in total. The summed E-state index contributed by atoms with van der Waals surface area (Å²) in [6.45, 7) is 6.63. The lowest BCUT2D eigenvalue weighted by atomic mass is 10.0. The monoisotopic (exact) mass is 284 g/mol. The highest BCUT2D eigenvalue weighted by molar-refractivity contribution is 5.77. The SMILES string of the molecule is Cc1noc(COCC(=O)N(C)CCC(N)C(C)C)n1. The number of hydrogen-bond acceptors (Lipinski definition) is 6. The largest absolute Gasteiger partial charge is 0.362 e. The van der Waals surface area contributed by atoms with Crippen molar-refractivity contribution in [3.8, 4) is 0 Å². The van der Waals surface area contributed by atoms with Crippen LogP contribution in [0, 0.1) is 12.8 Å². The van der Waals surface area contributed by atoms with E-state index in [0.29, 0.717) is 24.2 Å². The van der Waals surface area contributed by atoms with Gasteiger partial charge < -0.3 is 19.9 Å². The molecule has 20 heavy (non-hydrogen) atoms. The fraction of sp³-hybridized carbons (Fsp3) is 0.769. The summed E-state index contributed by atoms with van der Waals surface area (Å²) >= 11 is 0. The van der Waals surface area contributed by atoms with Gasteiger partial charge in [-0.15, -0.1) is 0 Å². The molecule has 0 saturated carbocycles. The molecule has 1 aromatic heterocycles. The third kappa shape index (κ3) is 5.66. The Morgan fingerprint density at radius 1 is 1.50 bits per heavy atom. The van der Waals surface area contributed by atoms with E-state index in [9.17, 15) is 4.79 Å². The first-order valence-corrected chi connectivity index (χ1v) is 6.76. The second kappa shape index (κ2) is 7.96. The van der Waals surface area contributed by atoms with Crippen molar-refractivity contribution in [1.29, 1.82) is 0 Å². The van der Waals surface area contributed by atoms with Gasteiger partial charge in [0.1, 0.15) is 13.2 Å². The van der Waals surface area contributed by atoms with E-state index in [1.807, 2.05) is 0 Å². The van der Waals surface area contributed by atoms with Crippen LogP contribution < -0.4 is 5.73 Å². The van der Waals surface area contributed by atoms with Crippen LogP contribution in [0.25, 0.3) is 0 Å². The minimum Gasteiger partial charge on any atom is -0.362 e. The van der Waals surface area contributed by atoms with Crippen LogP contribution in [0.3, 0.4) is 0 Å². The molecule has 1 rings (SSSR count). The first kappa shape index (κ1) is 16.6. The number of hydrogen-bond donors (Lipinski definition) is 1. The van der Waals surface area contributed by atoms with E-state index in [2.05, 4.69) is 24.0 Å². The van der Waals surface area contributed by atoms with Crippen LogP contribution >= 0.6 is 0 Å². The molecule has 7 heteroatoms. The summed E-state index contributed by atoms with van der Waals surface area (Å²) in [5.74, 6) is 1.25. The number of carbonyl (C=O) groups excluding carboxylic acids is 1. The maximum absolute atomic E-state index is 11.8. The summed E-state index contributed by atoms with van der Waals surface area (Å²) in [6.07, 6.45) is 0.781. The number of rotatable bonds is 8. The molecule has 0 bridgehead atoms. The Bertz CT molecular complexity index is 420. The van der Waals surface area contributed by atoms with Crippen molar-refractivity contribution in [2.75, 3.05) is 20.2 Å². The lowest BCUT2D eigenvalue weighted by Crippen LogP contribution is -2.36. The summed E-state index contributed by atoms with van der Waals surface area (Å²) < 4.78 is 10.1. The minimum absolute atomic E-state index is 0.00511. The lowest BCUT2D eigenvalue weighted by molar-refractivity contribution is -0.135. The Hall–Kier alpha value is -1.47. The zero-order chi connectivity index (χ0) is 15.1. The van der Waals surface area contributed by atoms with Crippen molar-refractivity contribution >= 4 is 5.91 Å². The number of amides is 1. The number of carbonyl (C=O) groups is 1. The van der Waals surface area contributed by atoms with Gasteiger partial charge in [-0.1, -0.05) is 19.0 Å². The Kier molecular flexibility index (Phi) is 6.60. The second-order valence-electron chi connectivity index (χ2n) is 5.24. The van der Waals surface area contributed by atoms with Crippen LogP contribution in [0.2, 0.25) is 0 Å². The zero-order valence-corrected chi connectivity index (χ0v) is 12.6. The Morgan fingerprint density at radius 2 is 2.20 bits per heavy atom. The van der Waals surface area contributed by atoms with E-state index >= 15 is 0 Å². The van der Waals surface area contributed by atoms with Gasteiger partial charge in [0.25, 0.3) is 5.89 Å². The summed E-state index contributed by atoms with van der Waals surface area (Å²) in [5, 5.41) is 3.64. The van der Waals surface area contributed by atoms with Crippen LogP contribution in [0.15, 0.2) is 4.52 Å². The zero-order valence-electron chi connectivity index (χ0n) is 12.6. The van der Waals surface area contributed by atoms with Crippen molar-refractivity contribution in [2.24, 2.45) is 11.7 Å². The van der Waals surface area contributed by atoms with E-state index in [4.69, 9.17) is 15.0 Å². The molecule has 0 aromatic carbocycles. The standard InChI is InChI=1S/C13H24N4O3/c1-9(2)11(14)5-6-17(4)13(18)8-19-7-12-15-10(3)16-20-12/h9,11H,5-8,14H2,1-4H3. The van der Waals surface area contributed by atoms with Crippen LogP contribution in [-0.2, 0) is 16.1 Å². The van der Waals surface area contributed by atoms with Crippen molar-refractivity contribution in [3.63, 3.8) is 0 Å². The average molecular weight is 284 g/mol. The molecule has 2 N–H and O–H groups in total. The summed E-state index contributed by atoms with van der Waals surface area (Å²) in [7, 11) is 1.75. The van der Waals surface area contributed by atoms with E-state index in [1.165, 1.54) is 0 Å². The predicted octanol–water partition coefficient (Wildman–Crippen LogP) is 0.726. The number of aromatic nitrogens is 2. The van der Waals surface area contributed by atoms with Gasteiger partial charge in [0.05, 0.1) is 0 Å². The van der Waals surface area contributed by atoms with E-state index in [1.54, 1.807) is 18.9 Å². The molecule has 0 fully saturated rings. The number of likely N-dealkylation sites (N-methyl/N-ethyl adjacent to an activating group) is 1. The van der Waals surface area contributed by atoms with Gasteiger partial charge in [-0.2, -0.15) is 4.98 Å². The van der Waals surface area contributed by atoms with Gasteiger partial charge in [-0.05, 0) is 19.3 Å². The Labute approximate surface area is 119 Å². The average Bonchev–Trinajstić information content (AvgIpc) is 2.80. The second-order valence-corrected chi connectivity index (χ2v) is 5.24. The highest BCUT2D eigenvalue weighted by Gasteiger charge is 2.13. The van der Waals surface area contributed by atoms with E-state index in [-0.39, 0.29) is 25.2 Å². The summed E-state index contributed by atoms with van der Waals surface area (Å²) in [5.41, 5.74) is 5.95. The number of nitrogens with two attached hydrogens (primary N) is 1. The van der Waals surface area contributed by atoms with Crippen LogP contribution in [0.1, 0.15) is 32.0 Å². The first-order valence-electron chi connectivity index (χ1n) is 6.76. The maximum atomic E-state index is 11.8. The fourth-order valence-corrected chi connectivity index (χ4v) is 1.54. The van der Waals surface area contributed by atoms with Crippen LogP contribution in [0.4, 0.5) is 0 Å². The normalized spacial score (nSPS) is 12.7. The van der Waals surface area contributed by atoms with Gasteiger partial charge in [-0.3, -0.25) is 4.79 Å². The molecule has 0 aliphatic rings. The molecule has 1 heterocycles. The van der Waals surface area contributed by atoms with Gasteiger partial charge in [0.15, 0.2) is 5.82 Å². The number of aryl methyl sites for hydroxylation is 1. The summed E-state index contributed by atoms with van der Waals surface area (Å²) in [6, 6.07) is 0.104. The molecule has 1 unspecified atom stereocenters. The molecular formula is C13H24N4O3. The molecule has 1 amide bonds. The van der Waals surface area contributed by atoms with E-state index < -0.39 is 0 Å². The molecular weight excluding hydrogens is 260 g/mol. The lowest BCUT2D eigenvalue weighted by Gasteiger charge is -2.21. The molecule has 0 aliphatic carbocycles. The molecule has 0 radical (unpaired) electrons. The van der Waals surface area contributed by atoms with Crippen molar-refractivity contribution < 1.29 is 14.1 Å². The van der Waals surface area contributed by atoms with Crippen molar-refractivity contribution in [2.45, 2.75) is 39.8 Å². The fourth-order valence-electron chi connectivity index (χ4n) is 1.54. The minimum atomic E-state index is -0.0859. The van der Waals surface area contributed by atoms with Crippen molar-refractivity contribution in [3.05, 3.63) is 11.7 Å². The molecule has 0 aliphatic heterocycles. The highest BCUT2D eigenvalue weighted by atomic mass is 16.5. The van der Waals surface area contributed by atoms with Crippen LogP contribution in [0.5, 0.6) is 0 Å². The number of nitrogens with zero attached hydrogens (tertiary/aromatic N) is 3. The maximum Gasteiger partial charge on any atom is 0.252 e. The Morgan fingerprint density at radius 3 is 2.75 bits per heavy atom. The summed E-state index contributed by atoms with van der Waals surface area (Å²) in [4.78, 5) is 17.4. The quantitative estimate of drug-likeness (QED) is 0.756.